The number of anilines is 3. The van der Waals surface area contributed by atoms with Gasteiger partial charge in [-0.1, -0.05) is 23.1 Å². The summed E-state index contributed by atoms with van der Waals surface area (Å²) in [5.41, 5.74) is -0.238. The van der Waals surface area contributed by atoms with E-state index in [9.17, 15) is 32.5 Å². The van der Waals surface area contributed by atoms with Crippen LogP contribution in [0.5, 0.6) is 5.75 Å². The van der Waals surface area contributed by atoms with Gasteiger partial charge in [0.05, 0.1) is 10.7 Å². The third-order valence-corrected chi connectivity index (χ3v) is 5.47. The summed E-state index contributed by atoms with van der Waals surface area (Å²) >= 11 is 2.14. The number of hydrogen-bond donors (Lipinski definition) is 2. The van der Waals surface area contributed by atoms with E-state index in [-0.39, 0.29) is 17.2 Å². The average Bonchev–Trinajstić information content (AvgIpc) is 3.15. The van der Waals surface area contributed by atoms with Gasteiger partial charge in [-0.2, -0.15) is 4.39 Å². The molecule has 32 heavy (non-hydrogen) atoms. The van der Waals surface area contributed by atoms with Crippen LogP contribution in [0, 0.1) is 15.9 Å². The van der Waals surface area contributed by atoms with Gasteiger partial charge >= 0.3 is 12.0 Å². The molecule has 0 aliphatic heterocycles. The molecule has 168 valence electrons. The molecule has 0 saturated carbocycles. The zero-order chi connectivity index (χ0) is 23.3. The number of ether oxygens (including phenoxy) is 1. The van der Waals surface area contributed by atoms with Gasteiger partial charge in [-0.15, -0.1) is 23.4 Å². The minimum absolute atomic E-state index is 0.0706. The molecule has 15 heteroatoms. The number of amides is 1. The average molecular weight is 489 g/mol. The van der Waals surface area contributed by atoms with Crippen LogP contribution < -0.4 is 15.4 Å². The first kappa shape index (κ1) is 23.2. The summed E-state index contributed by atoms with van der Waals surface area (Å²) in [6, 6.07) is 7.99. The molecule has 2 aromatic carbocycles. The van der Waals surface area contributed by atoms with Crippen molar-refractivity contribution < 1.29 is 32.0 Å². The van der Waals surface area contributed by atoms with Gasteiger partial charge < -0.3 is 15.4 Å². The van der Waals surface area contributed by atoms with Crippen molar-refractivity contribution in [1.29, 1.82) is 0 Å². The maximum Gasteiger partial charge on any atom is 0.573 e. The second-order valence-corrected chi connectivity index (χ2v) is 8.03. The SMILES string of the molecule is O=C(CSc1nnc(Nc2ccc(OC(F)(F)F)cc2)s1)Nc1ccc(F)c([N+](=O)[O-])c1. The first-order valence-corrected chi connectivity index (χ1v) is 10.2. The molecule has 0 aliphatic carbocycles. The van der Waals surface area contributed by atoms with Crippen molar-refractivity contribution in [3.05, 3.63) is 58.4 Å². The Kier molecular flexibility index (Phi) is 7.09. The molecule has 2 N–H and O–H groups in total. The number of nitrogens with one attached hydrogen (secondary N) is 2. The standard InChI is InChI=1S/C17H11F4N5O4S2/c18-12-6-3-10(7-13(12)26(28)29)22-14(27)8-31-16-25-24-15(32-16)23-9-1-4-11(5-2-9)30-17(19,20)21/h1-7H,8H2,(H,22,27)(H,23,24). The van der Waals surface area contributed by atoms with Crippen molar-refractivity contribution in [2.45, 2.75) is 10.7 Å². The van der Waals surface area contributed by atoms with Crippen LogP contribution in [0.15, 0.2) is 46.8 Å². The van der Waals surface area contributed by atoms with E-state index in [0.717, 1.165) is 47.4 Å². The molecule has 0 aliphatic rings. The molecule has 1 aromatic heterocycles. The Bertz CT molecular complexity index is 1120. The normalized spacial score (nSPS) is 11.1. The highest BCUT2D eigenvalue weighted by Gasteiger charge is 2.31. The quantitative estimate of drug-likeness (QED) is 0.197. The van der Waals surface area contributed by atoms with Crippen LogP contribution in [0.1, 0.15) is 0 Å². The van der Waals surface area contributed by atoms with E-state index >= 15 is 0 Å². The largest absolute Gasteiger partial charge is 0.573 e. The molecule has 0 fully saturated rings. The number of nitrogens with zero attached hydrogens (tertiary/aromatic N) is 3. The van der Waals surface area contributed by atoms with Gasteiger partial charge in [0.1, 0.15) is 5.75 Å². The van der Waals surface area contributed by atoms with E-state index < -0.39 is 28.7 Å². The fourth-order valence-corrected chi connectivity index (χ4v) is 3.81. The zero-order valence-corrected chi connectivity index (χ0v) is 17.2. The third-order valence-electron chi connectivity index (χ3n) is 3.50. The van der Waals surface area contributed by atoms with E-state index in [0.29, 0.717) is 15.2 Å². The predicted molar refractivity (Wildman–Crippen MR) is 109 cm³/mol. The molecular formula is C17H11F4N5O4S2. The molecule has 0 radical (unpaired) electrons. The van der Waals surface area contributed by atoms with Crippen molar-refractivity contribution >= 4 is 51.2 Å². The van der Waals surface area contributed by atoms with Gasteiger partial charge in [0.15, 0.2) is 4.34 Å². The van der Waals surface area contributed by atoms with Crippen molar-refractivity contribution in [2.75, 3.05) is 16.4 Å². The smallest absolute Gasteiger partial charge is 0.406 e. The Morgan fingerprint density at radius 3 is 2.50 bits per heavy atom. The molecule has 1 heterocycles. The van der Waals surface area contributed by atoms with Gasteiger partial charge in [0.2, 0.25) is 16.9 Å². The summed E-state index contributed by atoms with van der Waals surface area (Å²) in [4.78, 5) is 21.9. The molecule has 0 unspecified atom stereocenters. The fourth-order valence-electron chi connectivity index (χ4n) is 2.24. The van der Waals surface area contributed by atoms with Crippen molar-refractivity contribution in [3.63, 3.8) is 0 Å². The van der Waals surface area contributed by atoms with E-state index in [1.807, 2.05) is 0 Å². The lowest BCUT2D eigenvalue weighted by Crippen LogP contribution is -2.16. The van der Waals surface area contributed by atoms with Gasteiger partial charge in [-0.05, 0) is 36.4 Å². The van der Waals surface area contributed by atoms with Gasteiger partial charge in [0.25, 0.3) is 0 Å². The molecule has 0 saturated heterocycles. The van der Waals surface area contributed by atoms with Crippen LogP contribution in [0.3, 0.4) is 0 Å². The second kappa shape index (κ2) is 9.78. The number of carbonyl (C=O) groups is 1. The highest BCUT2D eigenvalue weighted by atomic mass is 32.2. The number of carbonyl (C=O) groups excluding carboxylic acids is 1. The number of alkyl halides is 3. The lowest BCUT2D eigenvalue weighted by atomic mass is 10.2. The van der Waals surface area contributed by atoms with Crippen LogP contribution in [0.4, 0.5) is 39.8 Å². The minimum atomic E-state index is -4.78. The van der Waals surface area contributed by atoms with Crippen molar-refractivity contribution in [2.24, 2.45) is 0 Å². The maximum atomic E-state index is 13.3. The Hall–Kier alpha value is -3.46. The van der Waals surface area contributed by atoms with Crippen molar-refractivity contribution in [1.82, 2.24) is 10.2 Å². The third kappa shape index (κ3) is 6.78. The second-order valence-electron chi connectivity index (χ2n) is 5.83. The maximum absolute atomic E-state index is 13.3. The van der Waals surface area contributed by atoms with E-state index in [1.165, 1.54) is 18.2 Å². The number of rotatable bonds is 8. The molecular weight excluding hydrogens is 478 g/mol. The molecule has 0 atom stereocenters. The topological polar surface area (TPSA) is 119 Å². The Balaban J connectivity index is 1.51. The summed E-state index contributed by atoms with van der Waals surface area (Å²) in [6.45, 7) is 0. The van der Waals surface area contributed by atoms with Crippen LogP contribution in [-0.4, -0.2) is 33.1 Å². The minimum Gasteiger partial charge on any atom is -0.406 e. The molecule has 0 spiro atoms. The molecule has 1 amide bonds. The number of hydrogen-bond acceptors (Lipinski definition) is 9. The summed E-state index contributed by atoms with van der Waals surface area (Å²) < 4.78 is 54.1. The summed E-state index contributed by atoms with van der Waals surface area (Å²) in [5.74, 6) is -1.97. The lowest BCUT2D eigenvalue weighted by Gasteiger charge is -2.09. The number of aromatic nitrogens is 2. The van der Waals surface area contributed by atoms with Crippen molar-refractivity contribution in [3.8, 4) is 5.75 Å². The van der Waals surface area contributed by atoms with Crippen LogP contribution in [0.25, 0.3) is 0 Å². The monoisotopic (exact) mass is 489 g/mol. The number of thioether (sulfide) groups is 1. The molecule has 3 aromatic rings. The zero-order valence-electron chi connectivity index (χ0n) is 15.6. The van der Waals surface area contributed by atoms with E-state index in [2.05, 4.69) is 25.6 Å². The number of nitro benzene ring substituents is 1. The highest BCUT2D eigenvalue weighted by Crippen LogP contribution is 2.29. The molecule has 9 nitrogen and oxygen atoms in total. The van der Waals surface area contributed by atoms with Gasteiger partial charge in [0, 0.05) is 17.4 Å². The Labute approximate surface area is 185 Å². The van der Waals surface area contributed by atoms with Crippen LogP contribution in [-0.2, 0) is 4.79 Å². The van der Waals surface area contributed by atoms with E-state index in [4.69, 9.17) is 0 Å². The van der Waals surface area contributed by atoms with Crippen LogP contribution >= 0.6 is 23.1 Å². The molecule has 3 rings (SSSR count). The fraction of sp³-hybridized carbons (Fsp3) is 0.118. The summed E-state index contributed by atoms with van der Waals surface area (Å²) in [6.07, 6.45) is -4.78. The van der Waals surface area contributed by atoms with Gasteiger partial charge in [-0.3, -0.25) is 14.9 Å². The first-order chi connectivity index (χ1) is 15.1. The summed E-state index contributed by atoms with van der Waals surface area (Å²) in [7, 11) is 0. The van der Waals surface area contributed by atoms with E-state index in [1.54, 1.807) is 0 Å². The van der Waals surface area contributed by atoms with Crippen LogP contribution in [0.2, 0.25) is 0 Å². The number of nitro groups is 1. The number of halogens is 4. The Morgan fingerprint density at radius 1 is 1.16 bits per heavy atom. The Morgan fingerprint density at radius 2 is 1.84 bits per heavy atom. The molecule has 0 bridgehead atoms. The van der Waals surface area contributed by atoms with Gasteiger partial charge in [-0.25, -0.2) is 0 Å². The summed E-state index contributed by atoms with van der Waals surface area (Å²) in [5, 5.41) is 24.1. The first-order valence-electron chi connectivity index (χ1n) is 8.42. The predicted octanol–water partition coefficient (Wildman–Crippen LogP) is 4.96. The number of benzene rings is 2. The lowest BCUT2D eigenvalue weighted by molar-refractivity contribution is -0.387. The highest BCUT2D eigenvalue weighted by molar-refractivity contribution is 8.01.